The summed E-state index contributed by atoms with van der Waals surface area (Å²) in [7, 11) is 0. The van der Waals surface area contributed by atoms with Crippen LogP contribution < -0.4 is 10.6 Å². The monoisotopic (exact) mass is 587 g/mol. The second-order valence-corrected chi connectivity index (χ2v) is 12.2. The van der Waals surface area contributed by atoms with Gasteiger partial charge in [-0.25, -0.2) is 4.79 Å². The van der Waals surface area contributed by atoms with Crippen LogP contribution in [0.2, 0.25) is 0 Å². The first kappa shape index (κ1) is 29.1. The first-order valence-electron chi connectivity index (χ1n) is 15.3. The van der Waals surface area contributed by atoms with Crippen molar-refractivity contribution in [3.8, 4) is 0 Å². The van der Waals surface area contributed by atoms with Gasteiger partial charge in [0.05, 0.1) is 36.4 Å². The fraction of sp³-hybridized carbons (Fsp3) is 0.500. The first-order valence-corrected chi connectivity index (χ1v) is 15.3. The molecule has 3 aliphatic rings. The summed E-state index contributed by atoms with van der Waals surface area (Å²) in [6, 6.07) is 11.3. The number of aryl methyl sites for hydroxylation is 1. The second kappa shape index (κ2) is 12.3. The van der Waals surface area contributed by atoms with Crippen LogP contribution in [0.15, 0.2) is 42.6 Å². The number of ether oxygens (including phenoxy) is 1. The Hall–Kier alpha value is -3.96. The van der Waals surface area contributed by atoms with Gasteiger partial charge >= 0.3 is 6.03 Å². The van der Waals surface area contributed by atoms with Gasteiger partial charge in [-0.1, -0.05) is 24.3 Å². The Balaban J connectivity index is 1.11. The number of fused-ring (bicyclic) bond motifs is 2. The number of carbonyl (C=O) groups excluding carboxylic acids is 3. The normalized spacial score (nSPS) is 21.9. The molecule has 3 aliphatic heterocycles. The maximum Gasteiger partial charge on any atom is 0.322 e. The Bertz CT molecular complexity index is 1490. The number of hydrogen-bond acceptors (Lipinski definition) is 6. The molecule has 3 unspecified atom stereocenters. The summed E-state index contributed by atoms with van der Waals surface area (Å²) in [5, 5.41) is 14.6. The minimum Gasteiger partial charge on any atom is -0.372 e. The van der Waals surface area contributed by atoms with Crippen molar-refractivity contribution in [3.63, 3.8) is 0 Å². The minimum absolute atomic E-state index is 0.0476. The van der Waals surface area contributed by atoms with Crippen LogP contribution in [0.4, 0.5) is 10.5 Å². The van der Waals surface area contributed by atoms with Gasteiger partial charge in [0.25, 0.3) is 0 Å². The number of nitrogens with zero attached hydrogens (tertiary/aromatic N) is 4. The molecule has 1 aromatic heterocycles. The van der Waals surface area contributed by atoms with Crippen LogP contribution in [0.25, 0.3) is 10.9 Å². The summed E-state index contributed by atoms with van der Waals surface area (Å²) in [6.07, 6.45) is 3.16. The minimum atomic E-state index is -0.660. The maximum absolute atomic E-state index is 13.8. The number of nitrogens with one attached hydrogen (secondary N) is 3. The smallest absolute Gasteiger partial charge is 0.322 e. The number of carbonyl (C=O) groups is 3. The van der Waals surface area contributed by atoms with E-state index in [0.29, 0.717) is 52.1 Å². The van der Waals surface area contributed by atoms with Crippen LogP contribution in [0.1, 0.15) is 49.8 Å². The topological polar surface area (TPSA) is 123 Å². The standard InChI is InChI=1S/C32H41N7O4/c1-20-12-23(13-25-16-34-36-30(20)25)15-33-28(31(41)38-17-21(2)43-22(3)18-38)14-29(40)37-10-8-26(9-11-37)39-19-24-6-4-5-7-27(24)35-32(39)42/h4-7,12-13,16,21-22,26,28,33H,8-11,14-15,17-19H2,1-3H3,(H,34,36)(H,35,42). The number of hydrogen-bond donors (Lipinski definition) is 3. The molecule has 3 atom stereocenters. The number of likely N-dealkylation sites (tertiary alicyclic amines) is 1. The summed E-state index contributed by atoms with van der Waals surface area (Å²) in [4.78, 5) is 45.8. The Morgan fingerprint density at radius 1 is 1.09 bits per heavy atom. The molecule has 2 saturated heterocycles. The molecular formula is C32H41N7O4. The van der Waals surface area contributed by atoms with Gasteiger partial charge in [-0.15, -0.1) is 0 Å². The molecule has 43 heavy (non-hydrogen) atoms. The molecule has 0 saturated carbocycles. The lowest BCUT2D eigenvalue weighted by atomic mass is 10.00. The number of amides is 4. The zero-order valence-corrected chi connectivity index (χ0v) is 25.1. The van der Waals surface area contributed by atoms with E-state index in [1.54, 1.807) is 6.20 Å². The number of benzene rings is 2. The fourth-order valence-corrected chi connectivity index (χ4v) is 6.73. The average Bonchev–Trinajstić information content (AvgIpc) is 3.47. The zero-order chi connectivity index (χ0) is 30.1. The Labute approximate surface area is 251 Å². The highest BCUT2D eigenvalue weighted by molar-refractivity contribution is 5.92. The zero-order valence-electron chi connectivity index (χ0n) is 25.1. The van der Waals surface area contributed by atoms with Crippen molar-refractivity contribution in [3.05, 3.63) is 59.3 Å². The predicted molar refractivity (Wildman–Crippen MR) is 163 cm³/mol. The number of H-pyrrole nitrogens is 1. The van der Waals surface area contributed by atoms with E-state index in [0.717, 1.165) is 33.3 Å². The van der Waals surface area contributed by atoms with Crippen LogP contribution in [-0.4, -0.2) is 93.2 Å². The molecule has 4 heterocycles. The highest BCUT2D eigenvalue weighted by Crippen LogP contribution is 2.28. The van der Waals surface area contributed by atoms with Crippen LogP contribution >= 0.6 is 0 Å². The van der Waals surface area contributed by atoms with Crippen LogP contribution in [0.5, 0.6) is 0 Å². The van der Waals surface area contributed by atoms with Gasteiger partial charge in [-0.05, 0) is 62.4 Å². The van der Waals surface area contributed by atoms with E-state index in [1.807, 2.05) is 59.7 Å². The maximum atomic E-state index is 13.8. The van der Waals surface area contributed by atoms with E-state index in [4.69, 9.17) is 4.74 Å². The van der Waals surface area contributed by atoms with Crippen molar-refractivity contribution in [2.75, 3.05) is 31.5 Å². The van der Waals surface area contributed by atoms with E-state index in [-0.39, 0.29) is 42.5 Å². The van der Waals surface area contributed by atoms with Crippen LogP contribution in [-0.2, 0) is 27.4 Å². The molecule has 6 rings (SSSR count). The Kier molecular flexibility index (Phi) is 8.36. The lowest BCUT2D eigenvalue weighted by Crippen LogP contribution is -2.56. The van der Waals surface area contributed by atoms with Gasteiger partial charge in [0.2, 0.25) is 11.8 Å². The van der Waals surface area contributed by atoms with E-state index in [9.17, 15) is 14.4 Å². The molecule has 2 fully saturated rings. The molecule has 0 radical (unpaired) electrons. The van der Waals surface area contributed by atoms with E-state index in [1.165, 1.54) is 0 Å². The van der Waals surface area contributed by atoms with E-state index >= 15 is 0 Å². The first-order chi connectivity index (χ1) is 20.7. The summed E-state index contributed by atoms with van der Waals surface area (Å²) in [5.74, 6) is -0.122. The van der Waals surface area contributed by atoms with Crippen molar-refractivity contribution >= 4 is 34.4 Å². The van der Waals surface area contributed by atoms with Gasteiger partial charge < -0.3 is 30.1 Å². The van der Waals surface area contributed by atoms with Gasteiger partial charge in [-0.3, -0.25) is 14.7 Å². The van der Waals surface area contributed by atoms with E-state index in [2.05, 4.69) is 33.0 Å². The molecule has 2 aromatic carbocycles. The number of piperidine rings is 1. The van der Waals surface area contributed by atoms with Crippen molar-refractivity contribution in [1.82, 2.24) is 30.2 Å². The van der Waals surface area contributed by atoms with Crippen molar-refractivity contribution < 1.29 is 19.1 Å². The molecule has 11 nitrogen and oxygen atoms in total. The highest BCUT2D eigenvalue weighted by Gasteiger charge is 2.35. The van der Waals surface area contributed by atoms with Crippen LogP contribution in [0.3, 0.4) is 0 Å². The summed E-state index contributed by atoms with van der Waals surface area (Å²) in [6.45, 7) is 9.11. The quantitative estimate of drug-likeness (QED) is 0.390. The number of aromatic amines is 1. The third-order valence-corrected chi connectivity index (χ3v) is 8.88. The van der Waals surface area contributed by atoms with Gasteiger partial charge in [0, 0.05) is 56.4 Å². The average molecular weight is 588 g/mol. The molecule has 4 amide bonds. The molecule has 0 bridgehead atoms. The Morgan fingerprint density at radius 3 is 2.60 bits per heavy atom. The molecule has 228 valence electrons. The number of morpholine rings is 1. The number of anilines is 1. The number of urea groups is 1. The third kappa shape index (κ3) is 6.37. The molecule has 0 spiro atoms. The van der Waals surface area contributed by atoms with Crippen molar-refractivity contribution in [1.29, 1.82) is 0 Å². The van der Waals surface area contributed by atoms with Gasteiger partial charge in [-0.2, -0.15) is 5.10 Å². The van der Waals surface area contributed by atoms with E-state index < -0.39 is 6.04 Å². The van der Waals surface area contributed by atoms with Gasteiger partial charge in [0.15, 0.2) is 0 Å². The number of para-hydroxylation sites is 1. The largest absolute Gasteiger partial charge is 0.372 e. The highest BCUT2D eigenvalue weighted by atomic mass is 16.5. The van der Waals surface area contributed by atoms with Crippen LogP contribution in [0, 0.1) is 6.92 Å². The number of rotatable bonds is 7. The second-order valence-electron chi connectivity index (χ2n) is 12.2. The third-order valence-electron chi connectivity index (χ3n) is 8.88. The molecular weight excluding hydrogens is 546 g/mol. The van der Waals surface area contributed by atoms with Crippen molar-refractivity contribution in [2.45, 2.75) is 77.4 Å². The summed E-state index contributed by atoms with van der Waals surface area (Å²) >= 11 is 0. The number of aromatic nitrogens is 2. The molecule has 3 N–H and O–H groups in total. The lowest BCUT2D eigenvalue weighted by molar-refractivity contribution is -0.148. The van der Waals surface area contributed by atoms with Crippen molar-refractivity contribution in [2.24, 2.45) is 0 Å². The fourth-order valence-electron chi connectivity index (χ4n) is 6.73. The van der Waals surface area contributed by atoms with Gasteiger partial charge in [0.1, 0.15) is 0 Å². The molecule has 11 heteroatoms. The Morgan fingerprint density at radius 2 is 1.84 bits per heavy atom. The molecule has 3 aromatic rings. The lowest BCUT2D eigenvalue weighted by Gasteiger charge is -2.41. The SMILES string of the molecule is Cc1cc(CNC(CC(=O)N2CCC(N3Cc4ccccc4NC3=O)CC2)C(=O)N2CC(C)OC(C)C2)cc2cn[nH]c12. The molecule has 0 aliphatic carbocycles. The summed E-state index contributed by atoms with van der Waals surface area (Å²) < 4.78 is 5.85. The predicted octanol–water partition coefficient (Wildman–Crippen LogP) is 3.39. The summed E-state index contributed by atoms with van der Waals surface area (Å²) in [5.41, 5.74) is 5.07.